The van der Waals surface area contributed by atoms with Gasteiger partial charge in [-0.3, -0.25) is 14.5 Å². The van der Waals surface area contributed by atoms with Gasteiger partial charge in [-0.05, 0) is 39.3 Å². The highest BCUT2D eigenvalue weighted by Gasteiger charge is 2.33. The van der Waals surface area contributed by atoms with Gasteiger partial charge in [0.1, 0.15) is 11.5 Å². The quantitative estimate of drug-likeness (QED) is 0.782. The van der Waals surface area contributed by atoms with Gasteiger partial charge in [0.05, 0.1) is 19.0 Å². The molecule has 1 atom stereocenters. The fourth-order valence-electron chi connectivity index (χ4n) is 3.23. The molecule has 2 amide bonds. The molecule has 2 rings (SSSR count). The normalized spacial score (nSPS) is 18.4. The van der Waals surface area contributed by atoms with Crippen molar-refractivity contribution in [1.82, 2.24) is 15.1 Å². The van der Waals surface area contributed by atoms with Gasteiger partial charge in [-0.25, -0.2) is 0 Å². The van der Waals surface area contributed by atoms with Gasteiger partial charge < -0.3 is 14.6 Å². The first kappa shape index (κ1) is 19.5. The Morgan fingerprint density at radius 1 is 1.44 bits per heavy atom. The van der Waals surface area contributed by atoms with Gasteiger partial charge in [0.2, 0.25) is 11.8 Å². The molecule has 2 heterocycles. The second-order valence-corrected chi connectivity index (χ2v) is 7.03. The highest BCUT2D eigenvalue weighted by atomic mass is 16.3. The molecule has 0 radical (unpaired) electrons. The molecule has 0 aliphatic carbocycles. The summed E-state index contributed by atoms with van der Waals surface area (Å²) in [6, 6.07) is 3.56. The third-order valence-corrected chi connectivity index (χ3v) is 4.66. The second kappa shape index (κ2) is 9.04. The maximum atomic E-state index is 12.8. The first-order chi connectivity index (χ1) is 11.9. The Kier molecular flexibility index (Phi) is 7.05. The number of nitrogens with zero attached hydrogens (tertiary/aromatic N) is 2. The van der Waals surface area contributed by atoms with Crippen LogP contribution in [0, 0.1) is 6.92 Å². The van der Waals surface area contributed by atoms with Crippen molar-refractivity contribution >= 4 is 11.8 Å². The van der Waals surface area contributed by atoms with Crippen LogP contribution in [-0.4, -0.2) is 53.3 Å². The second-order valence-electron chi connectivity index (χ2n) is 7.03. The fourth-order valence-corrected chi connectivity index (χ4v) is 3.23. The molecular formula is C19H31N3O3. The van der Waals surface area contributed by atoms with Gasteiger partial charge in [-0.15, -0.1) is 0 Å². The van der Waals surface area contributed by atoms with Crippen LogP contribution in [0.1, 0.15) is 51.6 Å². The predicted octanol–water partition coefficient (Wildman–Crippen LogP) is 2.32. The average molecular weight is 349 g/mol. The van der Waals surface area contributed by atoms with Gasteiger partial charge in [-0.1, -0.05) is 13.3 Å². The molecule has 1 aliphatic heterocycles. The first-order valence-corrected chi connectivity index (χ1v) is 9.29. The number of carbonyl (C=O) groups excluding carboxylic acids is 2. The van der Waals surface area contributed by atoms with Crippen LogP contribution in [0.2, 0.25) is 0 Å². The lowest BCUT2D eigenvalue weighted by Crippen LogP contribution is -2.56. The highest BCUT2D eigenvalue weighted by Crippen LogP contribution is 2.17. The summed E-state index contributed by atoms with van der Waals surface area (Å²) in [5, 5.41) is 2.89. The molecule has 0 saturated carbocycles. The Bertz CT molecular complexity index is 582. The molecule has 1 aliphatic rings. The van der Waals surface area contributed by atoms with Gasteiger partial charge in [0.25, 0.3) is 0 Å². The van der Waals surface area contributed by atoms with Crippen molar-refractivity contribution in [3.8, 4) is 0 Å². The zero-order chi connectivity index (χ0) is 18.4. The minimum Gasteiger partial charge on any atom is -0.465 e. The molecule has 1 aromatic heterocycles. The summed E-state index contributed by atoms with van der Waals surface area (Å²) in [4.78, 5) is 29.1. The largest absolute Gasteiger partial charge is 0.465 e. The van der Waals surface area contributed by atoms with E-state index in [-0.39, 0.29) is 24.3 Å². The average Bonchev–Trinajstić information content (AvgIpc) is 2.96. The maximum absolute atomic E-state index is 12.8. The van der Waals surface area contributed by atoms with Crippen LogP contribution in [-0.2, 0) is 16.1 Å². The molecule has 1 N–H and O–H groups in total. The van der Waals surface area contributed by atoms with Crippen molar-refractivity contribution in [2.45, 2.75) is 65.6 Å². The van der Waals surface area contributed by atoms with E-state index < -0.39 is 6.04 Å². The number of rotatable bonds is 8. The van der Waals surface area contributed by atoms with Crippen molar-refractivity contribution in [3.63, 3.8) is 0 Å². The minimum atomic E-state index is -0.436. The van der Waals surface area contributed by atoms with Crippen molar-refractivity contribution in [3.05, 3.63) is 23.7 Å². The van der Waals surface area contributed by atoms with Crippen LogP contribution in [0.15, 0.2) is 16.5 Å². The number of hydrogen-bond acceptors (Lipinski definition) is 4. The van der Waals surface area contributed by atoms with Crippen molar-refractivity contribution in [2.24, 2.45) is 0 Å². The lowest BCUT2D eigenvalue weighted by Gasteiger charge is -2.36. The number of piperazine rings is 1. The number of hydrogen-bond donors (Lipinski definition) is 1. The lowest BCUT2D eigenvalue weighted by molar-refractivity contribution is -0.140. The summed E-state index contributed by atoms with van der Waals surface area (Å²) >= 11 is 0. The van der Waals surface area contributed by atoms with Crippen LogP contribution < -0.4 is 5.32 Å². The molecule has 6 heteroatoms. The molecule has 0 unspecified atom stereocenters. The third kappa shape index (κ3) is 5.33. The van der Waals surface area contributed by atoms with E-state index in [1.165, 1.54) is 0 Å². The lowest BCUT2D eigenvalue weighted by atomic mass is 10.1. The van der Waals surface area contributed by atoms with Gasteiger partial charge >= 0.3 is 0 Å². The summed E-state index contributed by atoms with van der Waals surface area (Å²) in [5.41, 5.74) is 0. The van der Waals surface area contributed by atoms with Crippen molar-refractivity contribution < 1.29 is 14.0 Å². The van der Waals surface area contributed by atoms with E-state index in [4.69, 9.17) is 4.42 Å². The van der Waals surface area contributed by atoms with Crippen LogP contribution >= 0.6 is 0 Å². The molecule has 1 saturated heterocycles. The van der Waals surface area contributed by atoms with Crippen LogP contribution in [0.25, 0.3) is 0 Å². The number of furan rings is 1. The topological polar surface area (TPSA) is 65.8 Å². The highest BCUT2D eigenvalue weighted by molar-refractivity contribution is 5.89. The summed E-state index contributed by atoms with van der Waals surface area (Å²) in [6.07, 6.45) is 2.24. The van der Waals surface area contributed by atoms with Crippen molar-refractivity contribution in [2.75, 3.05) is 19.6 Å². The summed E-state index contributed by atoms with van der Waals surface area (Å²) in [5.74, 6) is 1.67. The Labute approximate surface area is 150 Å². The van der Waals surface area contributed by atoms with Crippen LogP contribution in [0.4, 0.5) is 0 Å². The molecular weight excluding hydrogens is 318 g/mol. The molecule has 1 aromatic rings. The van der Waals surface area contributed by atoms with E-state index in [0.717, 1.165) is 37.5 Å². The molecule has 140 valence electrons. The fraction of sp³-hybridized carbons (Fsp3) is 0.684. The zero-order valence-corrected chi connectivity index (χ0v) is 15.9. The Hall–Kier alpha value is -1.82. The SMILES string of the molecule is CCCCN(C(=O)C[C@@H]1C(=O)NCCN1Cc1ccc(C)o1)C(C)C. The Morgan fingerprint density at radius 3 is 2.80 bits per heavy atom. The molecule has 0 aromatic carbocycles. The van der Waals surface area contributed by atoms with Crippen LogP contribution in [0.5, 0.6) is 0 Å². The number of amides is 2. The predicted molar refractivity (Wildman–Crippen MR) is 97.0 cm³/mol. The summed E-state index contributed by atoms with van der Waals surface area (Å²) in [6.45, 7) is 10.7. The summed E-state index contributed by atoms with van der Waals surface area (Å²) in [7, 11) is 0. The Balaban J connectivity index is 2.06. The third-order valence-electron chi connectivity index (χ3n) is 4.66. The number of nitrogens with one attached hydrogen (secondary N) is 1. The molecule has 6 nitrogen and oxygen atoms in total. The molecule has 25 heavy (non-hydrogen) atoms. The van der Waals surface area contributed by atoms with Gasteiger partial charge in [0.15, 0.2) is 0 Å². The number of carbonyl (C=O) groups is 2. The van der Waals surface area contributed by atoms with E-state index in [2.05, 4.69) is 12.2 Å². The minimum absolute atomic E-state index is 0.0473. The van der Waals surface area contributed by atoms with E-state index in [9.17, 15) is 9.59 Å². The van der Waals surface area contributed by atoms with Crippen LogP contribution in [0.3, 0.4) is 0 Å². The zero-order valence-electron chi connectivity index (χ0n) is 15.9. The molecule has 0 spiro atoms. The molecule has 1 fully saturated rings. The van der Waals surface area contributed by atoms with Gasteiger partial charge in [-0.2, -0.15) is 0 Å². The van der Waals surface area contributed by atoms with E-state index in [0.29, 0.717) is 13.1 Å². The van der Waals surface area contributed by atoms with Gasteiger partial charge in [0, 0.05) is 25.7 Å². The monoisotopic (exact) mass is 349 g/mol. The molecule has 0 bridgehead atoms. The maximum Gasteiger partial charge on any atom is 0.237 e. The smallest absolute Gasteiger partial charge is 0.237 e. The van der Waals surface area contributed by atoms with E-state index >= 15 is 0 Å². The standard InChI is InChI=1S/C19H31N3O3/c1-5-6-10-22(14(2)3)18(23)12-17-19(24)20-9-11-21(17)13-16-8-7-15(4)25-16/h7-8,14,17H,5-6,9-13H2,1-4H3,(H,20,24)/t17-/m1/s1. The Morgan fingerprint density at radius 2 is 2.20 bits per heavy atom. The number of aryl methyl sites for hydroxylation is 1. The van der Waals surface area contributed by atoms with E-state index in [1.807, 2.05) is 42.7 Å². The summed E-state index contributed by atoms with van der Waals surface area (Å²) < 4.78 is 5.64. The van der Waals surface area contributed by atoms with Crippen molar-refractivity contribution in [1.29, 1.82) is 0 Å². The number of unbranched alkanes of at least 4 members (excludes halogenated alkanes) is 1. The first-order valence-electron chi connectivity index (χ1n) is 9.29. The van der Waals surface area contributed by atoms with E-state index in [1.54, 1.807) is 0 Å².